The highest BCUT2D eigenvalue weighted by molar-refractivity contribution is 4.93. The van der Waals surface area contributed by atoms with Gasteiger partial charge in [0, 0.05) is 25.2 Å². The molecule has 1 saturated carbocycles. The van der Waals surface area contributed by atoms with Crippen LogP contribution < -0.4 is 5.32 Å². The average molecular weight is 254 g/mol. The monoisotopic (exact) mass is 254 g/mol. The maximum atomic E-state index is 5.61. The Morgan fingerprint density at radius 2 is 2.06 bits per heavy atom. The van der Waals surface area contributed by atoms with Gasteiger partial charge < -0.3 is 15.0 Å². The van der Waals surface area contributed by atoms with Gasteiger partial charge in [-0.1, -0.05) is 12.8 Å². The van der Waals surface area contributed by atoms with E-state index in [-0.39, 0.29) is 0 Å². The van der Waals surface area contributed by atoms with Crippen molar-refractivity contribution in [2.45, 2.75) is 64.1 Å². The van der Waals surface area contributed by atoms with Crippen LogP contribution in [-0.2, 0) is 4.74 Å². The van der Waals surface area contributed by atoms with E-state index in [1.165, 1.54) is 38.6 Å². The zero-order valence-corrected chi connectivity index (χ0v) is 12.3. The Balaban J connectivity index is 1.64. The lowest BCUT2D eigenvalue weighted by Crippen LogP contribution is -2.40. The van der Waals surface area contributed by atoms with Crippen molar-refractivity contribution in [3.8, 4) is 0 Å². The first kappa shape index (κ1) is 14.3. The van der Waals surface area contributed by atoms with Crippen LogP contribution in [0.5, 0.6) is 0 Å². The summed E-state index contributed by atoms with van der Waals surface area (Å²) in [6.07, 6.45) is 7.48. The zero-order chi connectivity index (χ0) is 13.0. The Kier molecular flexibility index (Phi) is 5.46. The molecular formula is C15H30N2O. The molecule has 3 unspecified atom stereocenters. The molecule has 1 aliphatic heterocycles. The number of likely N-dealkylation sites (N-methyl/N-ethyl adjacent to an activating group) is 1. The van der Waals surface area contributed by atoms with Gasteiger partial charge in [-0.2, -0.15) is 0 Å². The van der Waals surface area contributed by atoms with E-state index in [9.17, 15) is 0 Å². The maximum absolute atomic E-state index is 5.61. The summed E-state index contributed by atoms with van der Waals surface area (Å²) in [4.78, 5) is 2.41. The summed E-state index contributed by atoms with van der Waals surface area (Å²) in [5, 5.41) is 3.84. The van der Waals surface area contributed by atoms with E-state index in [2.05, 4.69) is 31.1 Å². The average Bonchev–Trinajstić information content (AvgIpc) is 2.70. The number of fused-ring (bicyclic) bond motifs is 1. The molecule has 1 aliphatic carbocycles. The second-order valence-electron chi connectivity index (χ2n) is 6.43. The molecule has 2 aliphatic rings. The van der Waals surface area contributed by atoms with Crippen molar-refractivity contribution >= 4 is 0 Å². The molecule has 0 amide bonds. The second-order valence-corrected chi connectivity index (χ2v) is 6.43. The highest BCUT2D eigenvalue weighted by atomic mass is 16.5. The third-order valence-electron chi connectivity index (χ3n) is 4.40. The molecule has 106 valence electrons. The molecule has 3 nitrogen and oxygen atoms in total. The lowest BCUT2D eigenvalue weighted by Gasteiger charge is -2.24. The summed E-state index contributed by atoms with van der Waals surface area (Å²) in [6.45, 7) is 7.28. The fraction of sp³-hybridized carbons (Fsp3) is 1.00. The third-order valence-corrected chi connectivity index (χ3v) is 4.40. The standard InChI is InChI=1S/C15H30N2O/c1-12(2)18-9-8-17(3)11-14-10-13-6-4-5-7-15(13)16-14/h12-16H,4-11H2,1-3H3. The normalized spacial score (nSPS) is 32.2. The molecule has 2 rings (SSSR count). The van der Waals surface area contributed by atoms with E-state index in [1.807, 2.05) is 0 Å². The summed E-state index contributed by atoms with van der Waals surface area (Å²) >= 11 is 0. The van der Waals surface area contributed by atoms with Gasteiger partial charge in [0.2, 0.25) is 0 Å². The largest absolute Gasteiger partial charge is 0.377 e. The first-order valence-corrected chi connectivity index (χ1v) is 7.71. The van der Waals surface area contributed by atoms with Crippen LogP contribution in [0.25, 0.3) is 0 Å². The summed E-state index contributed by atoms with van der Waals surface area (Å²) in [6, 6.07) is 1.53. The second kappa shape index (κ2) is 6.88. The van der Waals surface area contributed by atoms with E-state index in [4.69, 9.17) is 4.74 Å². The van der Waals surface area contributed by atoms with Gasteiger partial charge in [-0.05, 0) is 46.1 Å². The predicted molar refractivity (Wildman–Crippen MR) is 75.9 cm³/mol. The van der Waals surface area contributed by atoms with Crippen molar-refractivity contribution in [2.24, 2.45) is 5.92 Å². The number of nitrogens with zero attached hydrogens (tertiary/aromatic N) is 1. The molecule has 2 fully saturated rings. The van der Waals surface area contributed by atoms with Gasteiger partial charge in [-0.3, -0.25) is 0 Å². The number of ether oxygens (including phenoxy) is 1. The molecule has 0 aromatic heterocycles. The quantitative estimate of drug-likeness (QED) is 0.787. The van der Waals surface area contributed by atoms with Crippen molar-refractivity contribution in [1.29, 1.82) is 0 Å². The van der Waals surface area contributed by atoms with Crippen LogP contribution >= 0.6 is 0 Å². The fourth-order valence-corrected chi connectivity index (χ4v) is 3.48. The summed E-state index contributed by atoms with van der Waals surface area (Å²) in [7, 11) is 2.22. The number of nitrogens with one attached hydrogen (secondary N) is 1. The minimum absolute atomic E-state index is 0.353. The van der Waals surface area contributed by atoms with E-state index in [0.29, 0.717) is 12.1 Å². The Hall–Kier alpha value is -0.120. The molecule has 3 atom stereocenters. The fourth-order valence-electron chi connectivity index (χ4n) is 3.48. The Morgan fingerprint density at radius 1 is 1.28 bits per heavy atom. The van der Waals surface area contributed by atoms with Gasteiger partial charge in [0.05, 0.1) is 12.7 Å². The van der Waals surface area contributed by atoms with Crippen LogP contribution in [0.1, 0.15) is 46.0 Å². The van der Waals surface area contributed by atoms with Gasteiger partial charge in [-0.15, -0.1) is 0 Å². The summed E-state index contributed by atoms with van der Waals surface area (Å²) in [5.74, 6) is 0.962. The van der Waals surface area contributed by atoms with Crippen molar-refractivity contribution in [3.63, 3.8) is 0 Å². The Morgan fingerprint density at radius 3 is 2.78 bits per heavy atom. The van der Waals surface area contributed by atoms with Crippen LogP contribution in [-0.4, -0.2) is 49.8 Å². The molecule has 0 aromatic carbocycles. The molecule has 0 radical (unpaired) electrons. The molecule has 0 bridgehead atoms. The molecule has 1 saturated heterocycles. The van der Waals surface area contributed by atoms with Crippen LogP contribution in [0.2, 0.25) is 0 Å². The Labute approximate surface area is 112 Å². The molecule has 1 heterocycles. The van der Waals surface area contributed by atoms with E-state index in [0.717, 1.165) is 25.1 Å². The van der Waals surface area contributed by atoms with Gasteiger partial charge in [0.25, 0.3) is 0 Å². The topological polar surface area (TPSA) is 24.5 Å². The van der Waals surface area contributed by atoms with Gasteiger partial charge >= 0.3 is 0 Å². The summed E-state index contributed by atoms with van der Waals surface area (Å²) in [5.41, 5.74) is 0. The first-order chi connectivity index (χ1) is 8.65. The lowest BCUT2D eigenvalue weighted by atomic mass is 9.85. The number of hydrogen-bond donors (Lipinski definition) is 1. The van der Waals surface area contributed by atoms with Gasteiger partial charge in [-0.25, -0.2) is 0 Å². The SMILES string of the molecule is CC(C)OCCN(C)CC1CC2CCCCC2N1. The van der Waals surface area contributed by atoms with Crippen molar-refractivity contribution < 1.29 is 4.74 Å². The van der Waals surface area contributed by atoms with Crippen LogP contribution in [0.4, 0.5) is 0 Å². The summed E-state index contributed by atoms with van der Waals surface area (Å²) < 4.78 is 5.61. The number of rotatable bonds is 6. The minimum Gasteiger partial charge on any atom is -0.377 e. The molecule has 0 aromatic rings. The highest BCUT2D eigenvalue weighted by Gasteiger charge is 2.35. The smallest absolute Gasteiger partial charge is 0.0596 e. The van der Waals surface area contributed by atoms with Crippen LogP contribution in [0.15, 0.2) is 0 Å². The van der Waals surface area contributed by atoms with Crippen molar-refractivity contribution in [3.05, 3.63) is 0 Å². The van der Waals surface area contributed by atoms with Crippen LogP contribution in [0, 0.1) is 5.92 Å². The zero-order valence-electron chi connectivity index (χ0n) is 12.3. The third kappa shape index (κ3) is 4.22. The molecule has 1 N–H and O–H groups in total. The van der Waals surface area contributed by atoms with Gasteiger partial charge in [0.15, 0.2) is 0 Å². The number of hydrogen-bond acceptors (Lipinski definition) is 3. The van der Waals surface area contributed by atoms with E-state index < -0.39 is 0 Å². The van der Waals surface area contributed by atoms with Crippen molar-refractivity contribution in [1.82, 2.24) is 10.2 Å². The molecule has 18 heavy (non-hydrogen) atoms. The molecule has 0 spiro atoms. The Bertz CT molecular complexity index is 231. The lowest BCUT2D eigenvalue weighted by molar-refractivity contribution is 0.0625. The highest BCUT2D eigenvalue weighted by Crippen LogP contribution is 2.33. The first-order valence-electron chi connectivity index (χ1n) is 7.71. The maximum Gasteiger partial charge on any atom is 0.0596 e. The van der Waals surface area contributed by atoms with E-state index in [1.54, 1.807) is 0 Å². The van der Waals surface area contributed by atoms with E-state index >= 15 is 0 Å². The minimum atomic E-state index is 0.353. The predicted octanol–water partition coefficient (Wildman–Crippen LogP) is 2.26. The van der Waals surface area contributed by atoms with Crippen LogP contribution in [0.3, 0.4) is 0 Å². The molecular weight excluding hydrogens is 224 g/mol. The van der Waals surface area contributed by atoms with Gasteiger partial charge in [0.1, 0.15) is 0 Å². The molecule has 3 heteroatoms. The van der Waals surface area contributed by atoms with Crippen molar-refractivity contribution in [2.75, 3.05) is 26.7 Å².